The second-order valence-corrected chi connectivity index (χ2v) is 7.73. The number of aromatic hydroxyl groups is 1. The molecular formula is C18H15Br2N3OS. The van der Waals surface area contributed by atoms with E-state index < -0.39 is 0 Å². The van der Waals surface area contributed by atoms with Crippen molar-refractivity contribution >= 4 is 49.4 Å². The lowest BCUT2D eigenvalue weighted by Gasteiger charge is -2.05. The van der Waals surface area contributed by atoms with Gasteiger partial charge in [-0.3, -0.25) is 4.99 Å². The summed E-state index contributed by atoms with van der Waals surface area (Å²) in [4.78, 5) is 5.32. The Balaban J connectivity index is 2.11. The van der Waals surface area contributed by atoms with Gasteiger partial charge in [-0.05, 0) is 35.0 Å². The first-order valence-electron chi connectivity index (χ1n) is 7.59. The predicted octanol–water partition coefficient (Wildman–Crippen LogP) is 5.25. The van der Waals surface area contributed by atoms with E-state index in [1.54, 1.807) is 28.3 Å². The van der Waals surface area contributed by atoms with Crippen LogP contribution in [0.2, 0.25) is 0 Å². The fourth-order valence-electron chi connectivity index (χ4n) is 2.27. The van der Waals surface area contributed by atoms with Gasteiger partial charge in [0.1, 0.15) is 5.75 Å². The van der Waals surface area contributed by atoms with Crippen LogP contribution in [0.1, 0.15) is 12.5 Å². The van der Waals surface area contributed by atoms with E-state index >= 15 is 0 Å². The number of phenols is 1. The van der Waals surface area contributed by atoms with Crippen LogP contribution in [0.25, 0.3) is 11.3 Å². The molecule has 0 atom stereocenters. The van der Waals surface area contributed by atoms with Crippen molar-refractivity contribution in [2.75, 3.05) is 6.54 Å². The molecule has 0 saturated carbocycles. The van der Waals surface area contributed by atoms with Crippen LogP contribution in [-0.4, -0.2) is 22.5 Å². The summed E-state index contributed by atoms with van der Waals surface area (Å²) < 4.78 is 3.27. The van der Waals surface area contributed by atoms with E-state index in [1.165, 1.54) is 0 Å². The molecule has 7 heteroatoms. The van der Waals surface area contributed by atoms with Crippen molar-refractivity contribution in [1.29, 1.82) is 0 Å². The first-order chi connectivity index (χ1) is 12.1. The lowest BCUT2D eigenvalue weighted by Crippen LogP contribution is -2.12. The molecule has 1 N–H and O–H groups in total. The van der Waals surface area contributed by atoms with Crippen LogP contribution in [-0.2, 0) is 0 Å². The fraction of sp³-hybridized carbons (Fsp3) is 0.111. The second kappa shape index (κ2) is 8.12. The number of phenolic OH excluding ortho intramolecular Hbond substituents is 1. The van der Waals surface area contributed by atoms with Gasteiger partial charge in [-0.25, -0.2) is 4.68 Å². The number of halogens is 2. The molecule has 3 rings (SSSR count). The molecule has 0 amide bonds. The Hall–Kier alpha value is -1.70. The van der Waals surface area contributed by atoms with Crippen LogP contribution in [0, 0.1) is 0 Å². The molecule has 3 aromatic rings. The Labute approximate surface area is 166 Å². The van der Waals surface area contributed by atoms with Crippen molar-refractivity contribution in [1.82, 2.24) is 4.68 Å². The Morgan fingerprint density at radius 1 is 1.20 bits per heavy atom. The van der Waals surface area contributed by atoms with Crippen LogP contribution in [0.5, 0.6) is 5.75 Å². The number of aromatic nitrogens is 1. The fourth-order valence-corrected chi connectivity index (χ4v) is 4.43. The van der Waals surface area contributed by atoms with E-state index in [-0.39, 0.29) is 5.75 Å². The van der Waals surface area contributed by atoms with Crippen LogP contribution >= 0.6 is 43.2 Å². The predicted molar refractivity (Wildman–Crippen MR) is 110 cm³/mol. The molecule has 1 aromatic heterocycles. The number of benzene rings is 2. The number of nitrogens with zero attached hydrogens (tertiary/aromatic N) is 3. The van der Waals surface area contributed by atoms with E-state index in [4.69, 9.17) is 0 Å². The van der Waals surface area contributed by atoms with E-state index in [9.17, 15) is 5.11 Å². The zero-order valence-electron chi connectivity index (χ0n) is 13.4. The molecule has 0 bridgehead atoms. The van der Waals surface area contributed by atoms with E-state index in [1.807, 2.05) is 48.7 Å². The van der Waals surface area contributed by atoms with Gasteiger partial charge in [0.25, 0.3) is 0 Å². The maximum atomic E-state index is 10.2. The summed E-state index contributed by atoms with van der Waals surface area (Å²) in [6, 6.07) is 13.7. The largest absolute Gasteiger partial charge is 0.506 e. The highest BCUT2D eigenvalue weighted by atomic mass is 79.9. The molecular weight excluding hydrogens is 466 g/mol. The van der Waals surface area contributed by atoms with Gasteiger partial charge >= 0.3 is 0 Å². The molecule has 0 aliphatic heterocycles. The normalized spacial score (nSPS) is 12.2. The third-order valence-corrected chi connectivity index (χ3v) is 5.33. The van der Waals surface area contributed by atoms with Crippen molar-refractivity contribution in [2.24, 2.45) is 10.1 Å². The van der Waals surface area contributed by atoms with Gasteiger partial charge in [0, 0.05) is 27.5 Å². The van der Waals surface area contributed by atoms with Gasteiger partial charge in [-0.1, -0.05) is 46.3 Å². The van der Waals surface area contributed by atoms with Crippen LogP contribution in [0.3, 0.4) is 0 Å². The topological polar surface area (TPSA) is 49.9 Å². The smallest absolute Gasteiger partial charge is 0.206 e. The second-order valence-electron chi connectivity index (χ2n) is 5.13. The van der Waals surface area contributed by atoms with Gasteiger partial charge < -0.3 is 5.11 Å². The molecule has 128 valence electrons. The summed E-state index contributed by atoms with van der Waals surface area (Å²) >= 11 is 8.31. The van der Waals surface area contributed by atoms with Crippen molar-refractivity contribution < 1.29 is 5.11 Å². The third kappa shape index (κ3) is 4.11. The van der Waals surface area contributed by atoms with E-state index in [2.05, 4.69) is 42.0 Å². The average Bonchev–Trinajstić information content (AvgIpc) is 3.00. The van der Waals surface area contributed by atoms with Crippen molar-refractivity contribution in [2.45, 2.75) is 6.92 Å². The van der Waals surface area contributed by atoms with Crippen LogP contribution in [0.15, 0.2) is 66.9 Å². The first kappa shape index (κ1) is 18.1. The SMILES string of the molecule is CCN=c1scc(-c2ccccc2)n1N=Cc1cc(Br)cc(Br)c1O. The van der Waals surface area contributed by atoms with Crippen molar-refractivity contribution in [3.8, 4) is 17.0 Å². The summed E-state index contributed by atoms with van der Waals surface area (Å²) in [5.74, 6) is 0.151. The van der Waals surface area contributed by atoms with Gasteiger partial charge in [-0.15, -0.1) is 11.3 Å². The average molecular weight is 481 g/mol. The molecule has 0 fully saturated rings. The summed E-state index contributed by atoms with van der Waals surface area (Å²) in [5, 5.41) is 16.8. The van der Waals surface area contributed by atoms with Gasteiger partial charge in [0.05, 0.1) is 16.4 Å². The minimum absolute atomic E-state index is 0.151. The van der Waals surface area contributed by atoms with Gasteiger partial charge in [0.15, 0.2) is 0 Å². The molecule has 2 aromatic carbocycles. The van der Waals surface area contributed by atoms with Crippen molar-refractivity contribution in [3.63, 3.8) is 0 Å². The number of thiazole rings is 1. The molecule has 4 nitrogen and oxygen atoms in total. The lowest BCUT2D eigenvalue weighted by atomic mass is 10.2. The number of hydrogen-bond donors (Lipinski definition) is 1. The molecule has 0 spiro atoms. The zero-order chi connectivity index (χ0) is 17.8. The number of hydrogen-bond acceptors (Lipinski definition) is 4. The zero-order valence-corrected chi connectivity index (χ0v) is 17.3. The molecule has 25 heavy (non-hydrogen) atoms. The molecule has 0 aliphatic carbocycles. The van der Waals surface area contributed by atoms with E-state index in [0.29, 0.717) is 16.6 Å². The quantitative estimate of drug-likeness (QED) is 0.509. The van der Waals surface area contributed by atoms with Crippen LogP contribution < -0.4 is 4.80 Å². The van der Waals surface area contributed by atoms with Gasteiger partial charge in [0.2, 0.25) is 4.80 Å². The Kier molecular flexibility index (Phi) is 5.88. The molecule has 0 radical (unpaired) electrons. The number of rotatable bonds is 4. The standard InChI is InChI=1S/C18H15Br2N3OS/c1-2-21-18-23(16(11-25-18)12-6-4-3-5-7-12)22-10-13-8-14(19)9-15(20)17(13)24/h3-11,24H,2H2,1H3. The highest BCUT2D eigenvalue weighted by Crippen LogP contribution is 2.30. The van der Waals surface area contributed by atoms with Gasteiger partial charge in [-0.2, -0.15) is 5.10 Å². The molecule has 0 aliphatic rings. The first-order valence-corrected chi connectivity index (χ1v) is 10.1. The monoisotopic (exact) mass is 479 g/mol. The maximum Gasteiger partial charge on any atom is 0.206 e. The maximum absolute atomic E-state index is 10.2. The van der Waals surface area contributed by atoms with Crippen molar-refractivity contribution in [3.05, 3.63) is 67.2 Å². The molecule has 0 unspecified atom stereocenters. The van der Waals surface area contributed by atoms with E-state index in [0.717, 1.165) is 20.5 Å². The minimum Gasteiger partial charge on any atom is -0.506 e. The highest BCUT2D eigenvalue weighted by Gasteiger charge is 2.08. The highest BCUT2D eigenvalue weighted by molar-refractivity contribution is 9.11. The summed E-state index contributed by atoms with van der Waals surface area (Å²) in [6.07, 6.45) is 1.64. The molecule has 0 saturated heterocycles. The Bertz CT molecular complexity index is 978. The molecule has 1 heterocycles. The summed E-state index contributed by atoms with van der Waals surface area (Å²) in [7, 11) is 0. The Morgan fingerprint density at radius 3 is 2.68 bits per heavy atom. The lowest BCUT2D eigenvalue weighted by molar-refractivity contribution is 0.471. The summed E-state index contributed by atoms with van der Waals surface area (Å²) in [5.41, 5.74) is 2.64. The summed E-state index contributed by atoms with van der Waals surface area (Å²) in [6.45, 7) is 2.67. The van der Waals surface area contributed by atoms with Crippen LogP contribution in [0.4, 0.5) is 0 Å². The third-order valence-electron chi connectivity index (χ3n) is 3.42. The minimum atomic E-state index is 0.151. The Morgan fingerprint density at radius 2 is 1.96 bits per heavy atom.